The van der Waals surface area contributed by atoms with Crippen LogP contribution in [0.25, 0.3) is 0 Å². The quantitative estimate of drug-likeness (QED) is 0.144. The summed E-state index contributed by atoms with van der Waals surface area (Å²) in [6.45, 7) is 18.1. The highest BCUT2D eigenvalue weighted by molar-refractivity contribution is 5.73. The number of hydrogen-bond acceptors (Lipinski definition) is 12. The molecule has 7 rings (SSSR count). The van der Waals surface area contributed by atoms with Crippen LogP contribution in [0.15, 0.2) is 11.6 Å². The molecule has 0 aromatic carbocycles. The van der Waals surface area contributed by atoms with Gasteiger partial charge in [-0.05, 0) is 103 Å². The Morgan fingerprint density at radius 2 is 1.44 bits per heavy atom. The first kappa shape index (κ1) is 41.9. The number of rotatable bonds is 6. The molecule has 8 N–H and O–H groups in total. The molecule has 5 aliphatic carbocycles. The van der Waals surface area contributed by atoms with Crippen molar-refractivity contribution < 1.29 is 64.6 Å². The van der Waals surface area contributed by atoms with Gasteiger partial charge in [0.05, 0.1) is 18.8 Å². The maximum absolute atomic E-state index is 12.2. The lowest BCUT2D eigenvalue weighted by atomic mass is 9.33. The first-order valence-electron chi connectivity index (χ1n) is 20.7. The van der Waals surface area contributed by atoms with Crippen molar-refractivity contribution in [2.24, 2.45) is 50.2 Å². The first-order chi connectivity index (χ1) is 25.5. The molecule has 0 unspecified atom stereocenters. The van der Waals surface area contributed by atoms with E-state index in [0.29, 0.717) is 18.3 Å². The molecular formula is C42H68O13. The summed E-state index contributed by atoms with van der Waals surface area (Å²) in [6.07, 6.45) is -6.63. The Balaban J connectivity index is 1.15. The molecule has 0 aromatic heterocycles. The number of carbonyl (C=O) groups is 1. The zero-order valence-electron chi connectivity index (χ0n) is 33.9. The van der Waals surface area contributed by atoms with Crippen LogP contribution in [0, 0.1) is 50.2 Å². The number of carboxylic acids is 1. The van der Waals surface area contributed by atoms with Crippen molar-refractivity contribution in [3.63, 3.8) is 0 Å². The second-order valence-electron chi connectivity index (χ2n) is 21.0. The van der Waals surface area contributed by atoms with Crippen molar-refractivity contribution >= 4 is 5.97 Å². The van der Waals surface area contributed by atoms with E-state index in [1.165, 1.54) is 0 Å². The maximum Gasteiger partial charge on any atom is 0.335 e. The number of aliphatic carboxylic acids is 1. The Hall–Kier alpha value is -1.23. The van der Waals surface area contributed by atoms with Gasteiger partial charge in [-0.15, -0.1) is 0 Å². The van der Waals surface area contributed by atoms with E-state index in [0.717, 1.165) is 51.4 Å². The molecule has 13 nitrogen and oxygen atoms in total. The Morgan fingerprint density at radius 1 is 0.745 bits per heavy atom. The van der Waals surface area contributed by atoms with E-state index in [1.54, 1.807) is 5.57 Å². The predicted molar refractivity (Wildman–Crippen MR) is 198 cm³/mol. The Labute approximate surface area is 325 Å². The fraction of sp³-hybridized carbons (Fsp3) is 0.929. The fourth-order valence-corrected chi connectivity index (χ4v) is 13.7. The van der Waals surface area contributed by atoms with Crippen LogP contribution in [0.5, 0.6) is 0 Å². The highest BCUT2D eigenvalue weighted by atomic mass is 16.8. The second kappa shape index (κ2) is 13.9. The van der Waals surface area contributed by atoms with Crippen molar-refractivity contribution in [1.29, 1.82) is 0 Å². The van der Waals surface area contributed by atoms with Crippen LogP contribution in [-0.4, -0.2) is 127 Å². The topological polar surface area (TPSA) is 216 Å². The molecule has 2 saturated heterocycles. The molecule has 7 aliphatic rings. The SMILES string of the molecule is CC1(C)C[C@@H](O)[C@]2(C)CC[C@]3(C)C(=CC[C@H]4[C@@]5(C)CC[C@H](O[C@@H]6O[C@H](C(=O)O)[C@@H](O)[C@H](O)[C@H]6O[C@@H]6O[C@H](CO)[C@@H](O)[C@H](O)[C@H]6O)C(C)(C)[C@H]5CC[C@]43C)[C@@H]2C1. The van der Waals surface area contributed by atoms with Gasteiger partial charge in [-0.25, -0.2) is 4.79 Å². The summed E-state index contributed by atoms with van der Waals surface area (Å²) in [5.74, 6) is -0.522. The summed E-state index contributed by atoms with van der Waals surface area (Å²) in [6, 6.07) is 0. The molecule has 55 heavy (non-hydrogen) atoms. The number of hydrogen-bond donors (Lipinski definition) is 8. The molecular weight excluding hydrogens is 712 g/mol. The average molecular weight is 781 g/mol. The minimum absolute atomic E-state index is 0.00638. The Bertz CT molecular complexity index is 1500. The standard InChI is InChI=1S/C42H68O13/c1-37(2)17-21-20-9-10-24-40(6)13-12-26(38(3,4)23(40)11-14-42(24,8)41(20,7)16-15-39(21,5)25(44)18-37)53-36-33(30(48)29(47)32(54-36)34(50)51)55-35-31(49)28(46)27(45)22(19-43)52-35/h9,21-33,35-36,43-49H,10-19H2,1-8H3,(H,50,51)/t21-,22+,23+,24-,25+,26-,27+,28-,29-,30-,31+,32-,33+,35-,36+,39+,40-,41+,42+/m0/s1. The molecule has 0 spiro atoms. The summed E-state index contributed by atoms with van der Waals surface area (Å²) in [7, 11) is 0. The van der Waals surface area contributed by atoms with Gasteiger partial charge < -0.3 is 59.8 Å². The zero-order valence-corrected chi connectivity index (χ0v) is 33.9. The molecule has 0 aromatic rings. The van der Waals surface area contributed by atoms with E-state index in [1.807, 2.05) is 0 Å². The highest BCUT2D eigenvalue weighted by Crippen LogP contribution is 2.76. The van der Waals surface area contributed by atoms with Gasteiger partial charge in [0.2, 0.25) is 0 Å². The molecule has 2 aliphatic heterocycles. The summed E-state index contributed by atoms with van der Waals surface area (Å²) >= 11 is 0. The first-order valence-corrected chi connectivity index (χ1v) is 20.7. The third-order valence-electron chi connectivity index (χ3n) is 17.3. The van der Waals surface area contributed by atoms with Crippen LogP contribution < -0.4 is 0 Å². The van der Waals surface area contributed by atoms with Crippen molar-refractivity contribution in [3.8, 4) is 0 Å². The monoisotopic (exact) mass is 780 g/mol. The summed E-state index contributed by atoms with van der Waals surface area (Å²) < 4.78 is 24.0. The highest BCUT2D eigenvalue weighted by Gasteiger charge is 2.69. The summed E-state index contributed by atoms with van der Waals surface area (Å²) in [4.78, 5) is 12.2. The summed E-state index contributed by atoms with van der Waals surface area (Å²) in [5.41, 5.74) is 1.09. The second-order valence-corrected chi connectivity index (χ2v) is 21.0. The van der Waals surface area contributed by atoms with E-state index in [4.69, 9.17) is 18.9 Å². The predicted octanol–water partition coefficient (Wildman–Crippen LogP) is 2.88. The van der Waals surface area contributed by atoms with Gasteiger partial charge in [0.25, 0.3) is 0 Å². The van der Waals surface area contributed by atoms with Gasteiger partial charge in [0.1, 0.15) is 42.7 Å². The molecule has 0 amide bonds. The molecule has 2 heterocycles. The molecule has 314 valence electrons. The average Bonchev–Trinajstić information content (AvgIpc) is 3.10. The van der Waals surface area contributed by atoms with Crippen LogP contribution in [0.3, 0.4) is 0 Å². The van der Waals surface area contributed by atoms with Gasteiger partial charge in [0.15, 0.2) is 18.7 Å². The molecule has 13 heteroatoms. The van der Waals surface area contributed by atoms with Gasteiger partial charge in [-0.2, -0.15) is 0 Å². The lowest BCUT2D eigenvalue weighted by molar-refractivity contribution is -0.374. The van der Waals surface area contributed by atoms with Crippen LogP contribution >= 0.6 is 0 Å². The Morgan fingerprint density at radius 3 is 2.09 bits per heavy atom. The largest absolute Gasteiger partial charge is 0.479 e. The van der Waals surface area contributed by atoms with Crippen molar-refractivity contribution in [1.82, 2.24) is 0 Å². The molecule has 6 fully saturated rings. The normalized spacial score (nSPS) is 54.5. The third-order valence-corrected chi connectivity index (χ3v) is 17.3. The van der Waals surface area contributed by atoms with E-state index in [2.05, 4.69) is 61.5 Å². The molecule has 0 radical (unpaired) electrons. The lowest BCUT2D eigenvalue weighted by Gasteiger charge is -2.71. The minimum atomic E-state index is -1.92. The lowest BCUT2D eigenvalue weighted by Crippen LogP contribution is -2.67. The number of carboxylic acid groups (broad SMARTS) is 1. The third kappa shape index (κ3) is 6.23. The van der Waals surface area contributed by atoms with Crippen molar-refractivity contribution in [2.75, 3.05) is 6.61 Å². The number of allylic oxidation sites excluding steroid dienone is 2. The number of aliphatic hydroxyl groups is 7. The molecule has 19 atom stereocenters. The minimum Gasteiger partial charge on any atom is -0.479 e. The number of aliphatic hydroxyl groups excluding tert-OH is 7. The maximum atomic E-state index is 12.2. The van der Waals surface area contributed by atoms with Gasteiger partial charge in [-0.3, -0.25) is 0 Å². The smallest absolute Gasteiger partial charge is 0.335 e. The van der Waals surface area contributed by atoms with E-state index >= 15 is 0 Å². The fourth-order valence-electron chi connectivity index (χ4n) is 13.7. The summed E-state index contributed by atoms with van der Waals surface area (Å²) in [5, 5.41) is 84.6. The zero-order chi connectivity index (χ0) is 40.4. The molecule has 4 saturated carbocycles. The van der Waals surface area contributed by atoms with Gasteiger partial charge in [-0.1, -0.05) is 67.0 Å². The van der Waals surface area contributed by atoms with E-state index in [9.17, 15) is 45.6 Å². The number of ether oxygens (including phenoxy) is 4. The van der Waals surface area contributed by atoms with Crippen LogP contribution in [0.4, 0.5) is 0 Å². The van der Waals surface area contributed by atoms with Crippen molar-refractivity contribution in [3.05, 3.63) is 11.6 Å². The van der Waals surface area contributed by atoms with Gasteiger partial charge >= 0.3 is 5.97 Å². The number of fused-ring (bicyclic) bond motifs is 7. The Kier molecular flexibility index (Phi) is 10.6. The molecule has 0 bridgehead atoms. The van der Waals surface area contributed by atoms with Crippen molar-refractivity contribution in [2.45, 2.75) is 187 Å². The van der Waals surface area contributed by atoms with Crippen LogP contribution in [0.2, 0.25) is 0 Å². The van der Waals surface area contributed by atoms with E-state index in [-0.39, 0.29) is 39.1 Å². The van der Waals surface area contributed by atoms with Gasteiger partial charge in [0, 0.05) is 5.41 Å². The van der Waals surface area contributed by atoms with Crippen LogP contribution in [0.1, 0.15) is 113 Å². The van der Waals surface area contributed by atoms with Crippen LogP contribution in [-0.2, 0) is 23.7 Å². The van der Waals surface area contributed by atoms with E-state index < -0.39 is 85.5 Å².